The summed E-state index contributed by atoms with van der Waals surface area (Å²) in [5, 5.41) is 23.2. The summed E-state index contributed by atoms with van der Waals surface area (Å²) in [7, 11) is 0. The first-order valence-corrected chi connectivity index (χ1v) is 9.84. The number of benzene rings is 1. The number of anilines is 3. The molecule has 30 heavy (non-hydrogen) atoms. The Morgan fingerprint density at radius 1 is 1.33 bits per heavy atom. The third kappa shape index (κ3) is 3.59. The van der Waals surface area contributed by atoms with E-state index in [-0.39, 0.29) is 18.1 Å². The maximum Gasteiger partial charge on any atom is 0.249 e. The molecule has 2 aromatic heterocycles. The molecule has 1 aliphatic heterocycles. The van der Waals surface area contributed by atoms with Gasteiger partial charge in [-0.2, -0.15) is 9.61 Å². The van der Waals surface area contributed by atoms with E-state index in [0.29, 0.717) is 34.2 Å². The number of aryl methyl sites for hydroxylation is 1. The average molecular weight is 408 g/mol. The summed E-state index contributed by atoms with van der Waals surface area (Å²) in [6.45, 7) is 1.71. The minimum Gasteiger partial charge on any atom is -0.373 e. The van der Waals surface area contributed by atoms with Gasteiger partial charge < -0.3 is 21.1 Å². The number of halogens is 1. The predicted octanol–water partition coefficient (Wildman–Crippen LogP) is 2.72. The average Bonchev–Trinajstić information content (AvgIpc) is 3.34. The number of fused-ring (bicyclic) bond motifs is 1. The van der Waals surface area contributed by atoms with Gasteiger partial charge in [0.25, 0.3) is 0 Å². The Morgan fingerprint density at radius 2 is 2.17 bits per heavy atom. The van der Waals surface area contributed by atoms with Gasteiger partial charge in [0, 0.05) is 35.4 Å². The van der Waals surface area contributed by atoms with Crippen LogP contribution in [0.3, 0.4) is 0 Å². The van der Waals surface area contributed by atoms with E-state index in [1.807, 2.05) is 6.07 Å². The van der Waals surface area contributed by atoms with E-state index in [1.54, 1.807) is 35.8 Å². The maximum absolute atomic E-state index is 13.6. The molecule has 3 heterocycles. The highest BCUT2D eigenvalue weighted by Crippen LogP contribution is 2.29. The van der Waals surface area contributed by atoms with Crippen molar-refractivity contribution in [1.82, 2.24) is 19.9 Å². The van der Waals surface area contributed by atoms with Crippen LogP contribution in [-0.4, -0.2) is 37.9 Å². The van der Waals surface area contributed by atoms with Crippen LogP contribution in [-0.2, 0) is 4.79 Å². The molecule has 1 unspecified atom stereocenters. The summed E-state index contributed by atoms with van der Waals surface area (Å²) < 4.78 is 15.3. The molecule has 3 aromatic rings. The van der Waals surface area contributed by atoms with E-state index >= 15 is 0 Å². The van der Waals surface area contributed by atoms with Crippen LogP contribution in [0.1, 0.15) is 30.4 Å². The molecular formula is C21H21FN6O2. The van der Waals surface area contributed by atoms with E-state index in [4.69, 9.17) is 0 Å². The third-order valence-electron chi connectivity index (χ3n) is 5.19. The van der Waals surface area contributed by atoms with Crippen LogP contribution in [0.2, 0.25) is 0 Å². The van der Waals surface area contributed by atoms with Gasteiger partial charge >= 0.3 is 0 Å². The van der Waals surface area contributed by atoms with E-state index in [9.17, 15) is 14.3 Å². The molecule has 8 nitrogen and oxygen atoms in total. The van der Waals surface area contributed by atoms with Crippen LogP contribution in [0.15, 0.2) is 36.0 Å². The first-order chi connectivity index (χ1) is 14.5. The number of carbonyl (C=O) groups is 1. The number of aliphatic hydroxyl groups is 1. The minimum absolute atomic E-state index is 0.232. The molecule has 0 bridgehead atoms. The summed E-state index contributed by atoms with van der Waals surface area (Å²) in [5.74, 6) is 0.799. The SMILES string of the molecule is Cc1cc(Nc2cc(NC3CC3)n3ncc(/C=C4\CC(O)NC4=O)c3n2)ccc1F. The molecule has 4 N–H and O–H groups in total. The van der Waals surface area contributed by atoms with Crippen LogP contribution in [0.25, 0.3) is 11.7 Å². The lowest BCUT2D eigenvalue weighted by molar-refractivity contribution is -0.117. The van der Waals surface area contributed by atoms with Crippen molar-refractivity contribution in [1.29, 1.82) is 0 Å². The highest BCUT2D eigenvalue weighted by Gasteiger charge is 2.26. The second-order valence-electron chi connectivity index (χ2n) is 7.73. The first-order valence-electron chi connectivity index (χ1n) is 9.84. The predicted molar refractivity (Wildman–Crippen MR) is 111 cm³/mol. The van der Waals surface area contributed by atoms with Crippen molar-refractivity contribution in [3.05, 3.63) is 53.0 Å². The van der Waals surface area contributed by atoms with Gasteiger partial charge in [-0.1, -0.05) is 0 Å². The monoisotopic (exact) mass is 408 g/mol. The number of hydrogen-bond donors (Lipinski definition) is 4. The van der Waals surface area contributed by atoms with Crippen LogP contribution >= 0.6 is 0 Å². The number of carbonyl (C=O) groups excluding carboxylic acids is 1. The molecule has 5 rings (SSSR count). The van der Waals surface area contributed by atoms with Gasteiger partial charge in [0.15, 0.2) is 5.65 Å². The quantitative estimate of drug-likeness (QED) is 0.484. The van der Waals surface area contributed by atoms with Crippen molar-refractivity contribution in [2.75, 3.05) is 10.6 Å². The summed E-state index contributed by atoms with van der Waals surface area (Å²) in [6.07, 6.45) is 4.91. The number of aliphatic hydroxyl groups excluding tert-OH is 1. The summed E-state index contributed by atoms with van der Waals surface area (Å²) >= 11 is 0. The second-order valence-corrected chi connectivity index (χ2v) is 7.73. The Bertz CT molecular complexity index is 1180. The molecule has 2 aliphatic rings. The van der Waals surface area contributed by atoms with Crippen molar-refractivity contribution in [2.45, 2.75) is 38.5 Å². The van der Waals surface area contributed by atoms with Gasteiger partial charge in [0.1, 0.15) is 23.7 Å². The number of hydrogen-bond acceptors (Lipinski definition) is 6. The fourth-order valence-corrected chi connectivity index (χ4v) is 3.46. The van der Waals surface area contributed by atoms with Crippen molar-refractivity contribution in [3.8, 4) is 0 Å². The van der Waals surface area contributed by atoms with Crippen LogP contribution < -0.4 is 16.0 Å². The van der Waals surface area contributed by atoms with Crippen molar-refractivity contribution < 1.29 is 14.3 Å². The van der Waals surface area contributed by atoms with Crippen LogP contribution in [0.4, 0.5) is 21.7 Å². The van der Waals surface area contributed by atoms with Crippen LogP contribution in [0.5, 0.6) is 0 Å². The molecule has 1 saturated carbocycles. The van der Waals surface area contributed by atoms with Crippen molar-refractivity contribution >= 4 is 35.0 Å². The molecule has 1 saturated heterocycles. The van der Waals surface area contributed by atoms with Crippen LogP contribution in [0, 0.1) is 12.7 Å². The van der Waals surface area contributed by atoms with Gasteiger partial charge in [-0.15, -0.1) is 0 Å². The Hall–Kier alpha value is -3.46. The summed E-state index contributed by atoms with van der Waals surface area (Å²) in [4.78, 5) is 16.7. The fourth-order valence-electron chi connectivity index (χ4n) is 3.46. The molecule has 9 heteroatoms. The lowest BCUT2D eigenvalue weighted by atomic mass is 10.1. The molecule has 1 aromatic carbocycles. The normalized spacial score (nSPS) is 20.0. The van der Waals surface area contributed by atoms with Gasteiger partial charge in [0.05, 0.1) is 6.20 Å². The van der Waals surface area contributed by atoms with Gasteiger partial charge in [0.2, 0.25) is 5.91 Å². The minimum atomic E-state index is -0.871. The third-order valence-corrected chi connectivity index (χ3v) is 5.19. The highest BCUT2D eigenvalue weighted by atomic mass is 19.1. The second kappa shape index (κ2) is 7.10. The van der Waals surface area contributed by atoms with E-state index in [2.05, 4.69) is 26.0 Å². The first kappa shape index (κ1) is 18.6. The summed E-state index contributed by atoms with van der Waals surface area (Å²) in [5.41, 5.74) is 2.98. The standard InChI is InChI=1S/C21H21FN6O2/c1-11-6-15(4-5-16(11)22)24-17-9-18(25-14-2-3-14)28-20(26-17)13(10-23-28)7-12-8-19(29)27-21(12)30/h4-7,9-10,14,19,25,29H,2-3,8H2,1H3,(H,24,26)(H,27,30)/b12-7+. The van der Waals surface area contributed by atoms with Gasteiger partial charge in [-0.05, 0) is 49.6 Å². The smallest absolute Gasteiger partial charge is 0.249 e. The molecule has 154 valence electrons. The maximum atomic E-state index is 13.6. The fraction of sp³-hybridized carbons (Fsp3) is 0.286. The lowest BCUT2D eigenvalue weighted by Gasteiger charge is -2.12. The molecular weight excluding hydrogens is 387 g/mol. The largest absolute Gasteiger partial charge is 0.373 e. The number of rotatable bonds is 5. The van der Waals surface area contributed by atoms with E-state index in [1.165, 1.54) is 6.07 Å². The Balaban J connectivity index is 1.56. The summed E-state index contributed by atoms with van der Waals surface area (Å²) in [6, 6.07) is 7.06. The topological polar surface area (TPSA) is 104 Å². The Labute approximate surface area is 171 Å². The molecule has 2 fully saturated rings. The number of nitrogens with one attached hydrogen (secondary N) is 3. The zero-order valence-electron chi connectivity index (χ0n) is 16.3. The number of nitrogens with zero attached hydrogens (tertiary/aromatic N) is 3. The Kier molecular flexibility index (Phi) is 4.39. The van der Waals surface area contributed by atoms with Gasteiger partial charge in [-0.3, -0.25) is 4.79 Å². The number of amides is 1. The molecule has 1 amide bonds. The molecule has 0 spiro atoms. The van der Waals surface area contributed by atoms with E-state index in [0.717, 1.165) is 24.3 Å². The Morgan fingerprint density at radius 3 is 2.87 bits per heavy atom. The highest BCUT2D eigenvalue weighted by molar-refractivity contribution is 6.00. The zero-order valence-corrected chi connectivity index (χ0v) is 16.3. The lowest BCUT2D eigenvalue weighted by Crippen LogP contribution is -2.24. The molecule has 0 radical (unpaired) electrons. The molecule has 1 aliphatic carbocycles. The zero-order chi connectivity index (χ0) is 20.8. The van der Waals surface area contributed by atoms with Crippen molar-refractivity contribution in [2.24, 2.45) is 0 Å². The molecule has 1 atom stereocenters. The van der Waals surface area contributed by atoms with Crippen molar-refractivity contribution in [3.63, 3.8) is 0 Å². The number of aromatic nitrogens is 3. The van der Waals surface area contributed by atoms with E-state index < -0.39 is 6.23 Å². The van der Waals surface area contributed by atoms with Gasteiger partial charge in [-0.25, -0.2) is 9.37 Å².